The summed E-state index contributed by atoms with van der Waals surface area (Å²) < 4.78 is 39.2. The van der Waals surface area contributed by atoms with Gasteiger partial charge in [0, 0.05) is 11.1 Å². The highest BCUT2D eigenvalue weighted by molar-refractivity contribution is 6.30. The maximum Gasteiger partial charge on any atom is 0.418 e. The summed E-state index contributed by atoms with van der Waals surface area (Å²) in [6.45, 7) is 0. The van der Waals surface area contributed by atoms with E-state index in [1.54, 1.807) is 0 Å². The fourth-order valence-corrected chi connectivity index (χ4v) is 1.79. The third-order valence-corrected chi connectivity index (χ3v) is 2.69. The monoisotopic (exact) mass is 306 g/mol. The highest BCUT2D eigenvalue weighted by atomic mass is 35.5. The Morgan fingerprint density at radius 1 is 1.30 bits per heavy atom. The number of alkyl halides is 3. The van der Waals surface area contributed by atoms with Crippen LogP contribution in [0.1, 0.15) is 16.1 Å². The Hall–Kier alpha value is -2.22. The molecule has 106 valence electrons. The van der Waals surface area contributed by atoms with Crippen LogP contribution in [0.15, 0.2) is 29.1 Å². The van der Waals surface area contributed by atoms with Gasteiger partial charge in [-0.1, -0.05) is 11.6 Å². The van der Waals surface area contributed by atoms with Crippen molar-refractivity contribution in [1.29, 1.82) is 0 Å². The zero-order valence-corrected chi connectivity index (χ0v) is 10.3. The number of hydrogen-bond acceptors (Lipinski definition) is 2. The van der Waals surface area contributed by atoms with Crippen molar-refractivity contribution < 1.29 is 23.1 Å². The summed E-state index contributed by atoms with van der Waals surface area (Å²) >= 11 is 5.51. The number of carboxylic acid groups (broad SMARTS) is 1. The Morgan fingerprint density at radius 3 is 2.45 bits per heavy atom. The molecule has 0 unspecified atom stereocenters. The van der Waals surface area contributed by atoms with Crippen LogP contribution >= 0.6 is 11.6 Å². The van der Waals surface area contributed by atoms with Crippen molar-refractivity contribution in [3.63, 3.8) is 0 Å². The van der Waals surface area contributed by atoms with Gasteiger partial charge in [-0.05, 0) is 18.2 Å². The summed E-state index contributed by atoms with van der Waals surface area (Å²) in [5, 5.41) is 10.7. The Balaban J connectivity index is 2.70. The molecular weight excluding hydrogens is 301 g/mol. The Morgan fingerprint density at radius 2 is 1.95 bits per heavy atom. The number of aromatic carboxylic acids is 1. The molecule has 9 heteroatoms. The maximum absolute atomic E-state index is 12.9. The SMILES string of the molecule is O=C(O)c1cc(=O)n(-c2ccc(Cl)cc2C(F)(F)F)[nH]1. The number of halogens is 4. The summed E-state index contributed by atoms with van der Waals surface area (Å²) in [5.41, 5.74) is -3.11. The largest absolute Gasteiger partial charge is 0.477 e. The lowest BCUT2D eigenvalue weighted by Gasteiger charge is -2.13. The molecule has 0 fully saturated rings. The zero-order chi connectivity index (χ0) is 15.1. The van der Waals surface area contributed by atoms with Gasteiger partial charge in [0.05, 0.1) is 11.3 Å². The number of aromatic nitrogens is 2. The van der Waals surface area contributed by atoms with Crippen LogP contribution in [-0.2, 0) is 6.18 Å². The van der Waals surface area contributed by atoms with Crippen LogP contribution in [0.3, 0.4) is 0 Å². The Kier molecular flexibility index (Phi) is 3.34. The van der Waals surface area contributed by atoms with Gasteiger partial charge in [-0.15, -0.1) is 0 Å². The Labute approximate surface area is 114 Å². The third kappa shape index (κ3) is 2.55. The number of carbonyl (C=O) groups is 1. The number of benzene rings is 1. The van der Waals surface area contributed by atoms with Crippen molar-refractivity contribution in [2.24, 2.45) is 0 Å². The van der Waals surface area contributed by atoms with Crippen LogP contribution in [0.25, 0.3) is 5.69 Å². The molecule has 0 spiro atoms. The zero-order valence-electron chi connectivity index (χ0n) is 9.53. The third-order valence-electron chi connectivity index (χ3n) is 2.46. The summed E-state index contributed by atoms with van der Waals surface area (Å²) in [6.07, 6.45) is -4.74. The number of aromatic amines is 1. The minimum atomic E-state index is -4.74. The summed E-state index contributed by atoms with van der Waals surface area (Å²) in [5.74, 6) is -1.46. The van der Waals surface area contributed by atoms with E-state index < -0.39 is 34.6 Å². The predicted molar refractivity (Wildman–Crippen MR) is 63.4 cm³/mol. The van der Waals surface area contributed by atoms with Gasteiger partial charge in [-0.3, -0.25) is 9.89 Å². The second kappa shape index (κ2) is 4.71. The van der Waals surface area contributed by atoms with E-state index in [1.807, 2.05) is 0 Å². The van der Waals surface area contributed by atoms with E-state index in [4.69, 9.17) is 16.7 Å². The smallest absolute Gasteiger partial charge is 0.418 e. The van der Waals surface area contributed by atoms with Crippen molar-refractivity contribution in [1.82, 2.24) is 9.78 Å². The minimum absolute atomic E-state index is 0.154. The van der Waals surface area contributed by atoms with E-state index in [-0.39, 0.29) is 5.02 Å². The maximum atomic E-state index is 12.9. The van der Waals surface area contributed by atoms with Gasteiger partial charge in [0.2, 0.25) is 0 Å². The van der Waals surface area contributed by atoms with Gasteiger partial charge in [-0.25, -0.2) is 9.48 Å². The van der Waals surface area contributed by atoms with Gasteiger partial charge < -0.3 is 5.11 Å². The molecule has 2 N–H and O–H groups in total. The van der Waals surface area contributed by atoms with Crippen molar-refractivity contribution in [2.75, 3.05) is 0 Å². The van der Waals surface area contributed by atoms with Gasteiger partial charge in [-0.2, -0.15) is 13.2 Å². The molecule has 1 aromatic heterocycles. The molecule has 2 rings (SSSR count). The number of rotatable bonds is 2. The molecule has 1 aromatic carbocycles. The second-order valence-electron chi connectivity index (χ2n) is 3.81. The highest BCUT2D eigenvalue weighted by Gasteiger charge is 2.35. The number of hydrogen-bond donors (Lipinski definition) is 2. The lowest BCUT2D eigenvalue weighted by atomic mass is 10.1. The number of carboxylic acids is 1. The van der Waals surface area contributed by atoms with Gasteiger partial charge >= 0.3 is 12.1 Å². The van der Waals surface area contributed by atoms with Crippen LogP contribution < -0.4 is 5.56 Å². The minimum Gasteiger partial charge on any atom is -0.477 e. The quantitative estimate of drug-likeness (QED) is 0.895. The van der Waals surface area contributed by atoms with Crippen molar-refractivity contribution >= 4 is 17.6 Å². The first kappa shape index (κ1) is 14.2. The molecule has 5 nitrogen and oxygen atoms in total. The molecule has 0 aliphatic rings. The summed E-state index contributed by atoms with van der Waals surface area (Å²) in [6, 6.07) is 3.50. The number of nitrogens with zero attached hydrogens (tertiary/aromatic N) is 1. The van der Waals surface area contributed by atoms with Gasteiger partial charge in [0.15, 0.2) is 0 Å². The van der Waals surface area contributed by atoms with Crippen LogP contribution in [0.4, 0.5) is 13.2 Å². The molecule has 0 amide bonds. The lowest BCUT2D eigenvalue weighted by molar-refractivity contribution is -0.137. The molecular formula is C11H6ClF3N2O3. The first-order valence-electron chi connectivity index (χ1n) is 5.12. The fraction of sp³-hybridized carbons (Fsp3) is 0.0909. The number of H-pyrrole nitrogens is 1. The van der Waals surface area contributed by atoms with Gasteiger partial charge in [0.1, 0.15) is 5.69 Å². The molecule has 20 heavy (non-hydrogen) atoms. The predicted octanol–water partition coefficient (Wildman–Crippen LogP) is 2.54. The first-order chi connectivity index (χ1) is 9.20. The summed E-state index contributed by atoms with van der Waals surface area (Å²) in [7, 11) is 0. The van der Waals surface area contributed by atoms with E-state index in [0.717, 1.165) is 6.07 Å². The molecule has 0 bridgehead atoms. The van der Waals surface area contributed by atoms with Crippen molar-refractivity contribution in [3.8, 4) is 5.69 Å². The van der Waals surface area contributed by atoms with E-state index in [1.165, 1.54) is 6.07 Å². The normalized spacial score (nSPS) is 11.6. The van der Waals surface area contributed by atoms with Crippen LogP contribution in [0.5, 0.6) is 0 Å². The molecule has 0 aliphatic heterocycles. The molecule has 0 radical (unpaired) electrons. The number of nitrogens with one attached hydrogen (secondary N) is 1. The Bertz CT molecular complexity index is 733. The fourth-order valence-electron chi connectivity index (χ4n) is 1.61. The van der Waals surface area contributed by atoms with Crippen LogP contribution in [0.2, 0.25) is 5.02 Å². The standard InChI is InChI=1S/C11H6ClF3N2O3/c12-5-1-2-8(6(3-5)11(13,14)15)17-9(18)4-7(16-17)10(19)20/h1-4,16H,(H,19,20). The average Bonchev–Trinajstić information content (AvgIpc) is 2.70. The molecule has 0 saturated carbocycles. The molecule has 0 aliphatic carbocycles. The van der Waals surface area contributed by atoms with E-state index in [0.29, 0.717) is 16.8 Å². The lowest BCUT2D eigenvalue weighted by Crippen LogP contribution is -2.19. The van der Waals surface area contributed by atoms with E-state index >= 15 is 0 Å². The van der Waals surface area contributed by atoms with E-state index in [2.05, 4.69) is 5.10 Å². The van der Waals surface area contributed by atoms with Crippen molar-refractivity contribution in [3.05, 3.63) is 50.9 Å². The average molecular weight is 307 g/mol. The first-order valence-corrected chi connectivity index (χ1v) is 5.50. The molecule has 2 aromatic rings. The van der Waals surface area contributed by atoms with Crippen LogP contribution in [-0.4, -0.2) is 20.9 Å². The van der Waals surface area contributed by atoms with Crippen molar-refractivity contribution in [2.45, 2.75) is 6.18 Å². The molecule has 1 heterocycles. The molecule has 0 saturated heterocycles. The molecule has 0 atom stereocenters. The topological polar surface area (TPSA) is 75.1 Å². The van der Waals surface area contributed by atoms with Gasteiger partial charge in [0.25, 0.3) is 5.56 Å². The van der Waals surface area contributed by atoms with E-state index in [9.17, 15) is 22.8 Å². The van der Waals surface area contributed by atoms with Crippen LogP contribution in [0, 0.1) is 0 Å². The highest BCUT2D eigenvalue weighted by Crippen LogP contribution is 2.34. The summed E-state index contributed by atoms with van der Waals surface area (Å²) in [4.78, 5) is 22.3. The second-order valence-corrected chi connectivity index (χ2v) is 4.24.